The van der Waals surface area contributed by atoms with E-state index in [9.17, 15) is 8.42 Å². The molecule has 0 aromatic carbocycles. The average Bonchev–Trinajstić information content (AvgIpc) is 2.42. The van der Waals surface area contributed by atoms with Gasteiger partial charge in [-0.05, 0) is 57.9 Å². The first kappa shape index (κ1) is 17.9. The molecule has 0 amide bonds. The molecule has 20 heavy (non-hydrogen) atoms. The number of rotatable bonds is 9. The summed E-state index contributed by atoms with van der Waals surface area (Å²) in [5, 5.41) is 3.48. The molecule has 0 aliphatic carbocycles. The molecule has 0 saturated carbocycles. The highest BCUT2D eigenvalue weighted by Crippen LogP contribution is 2.17. The van der Waals surface area contributed by atoms with E-state index in [0.717, 1.165) is 52.0 Å². The molecule has 1 N–H and O–H groups in total. The molecule has 1 unspecified atom stereocenters. The summed E-state index contributed by atoms with van der Waals surface area (Å²) in [6, 6.07) is 0. The Balaban J connectivity index is 2.16. The summed E-state index contributed by atoms with van der Waals surface area (Å²) in [5.41, 5.74) is 0. The molecule has 1 heterocycles. The van der Waals surface area contributed by atoms with E-state index in [0.29, 0.717) is 19.0 Å². The Morgan fingerprint density at radius 1 is 1.30 bits per heavy atom. The molecule has 120 valence electrons. The van der Waals surface area contributed by atoms with Crippen LogP contribution in [0.15, 0.2) is 0 Å². The maximum atomic E-state index is 11.5. The third-order valence-corrected chi connectivity index (χ3v) is 5.38. The second-order valence-corrected chi connectivity index (χ2v) is 7.70. The maximum absolute atomic E-state index is 11.5. The van der Waals surface area contributed by atoms with Crippen LogP contribution in [0.2, 0.25) is 0 Å². The first-order chi connectivity index (χ1) is 9.47. The Bertz CT molecular complexity index is 355. The van der Waals surface area contributed by atoms with Crippen molar-refractivity contribution in [2.45, 2.75) is 33.1 Å². The van der Waals surface area contributed by atoms with Crippen molar-refractivity contribution in [2.75, 3.05) is 52.1 Å². The third-order valence-electron chi connectivity index (χ3n) is 4.11. The van der Waals surface area contributed by atoms with Gasteiger partial charge < -0.3 is 10.2 Å². The molecular weight excluding hydrogens is 274 g/mol. The van der Waals surface area contributed by atoms with Gasteiger partial charge in [0.2, 0.25) is 10.0 Å². The number of nitrogens with one attached hydrogen (secondary N) is 1. The molecule has 6 heteroatoms. The normalized spacial score (nSPS) is 21.5. The zero-order valence-electron chi connectivity index (χ0n) is 13.3. The predicted molar refractivity (Wildman–Crippen MR) is 84.4 cm³/mol. The maximum Gasteiger partial charge on any atom is 0.211 e. The first-order valence-corrected chi connectivity index (χ1v) is 9.70. The minimum Gasteiger partial charge on any atom is -0.316 e. The van der Waals surface area contributed by atoms with E-state index in [2.05, 4.69) is 24.1 Å². The molecule has 0 bridgehead atoms. The molecule has 0 spiro atoms. The van der Waals surface area contributed by atoms with Crippen molar-refractivity contribution < 1.29 is 8.42 Å². The molecule has 1 fully saturated rings. The summed E-state index contributed by atoms with van der Waals surface area (Å²) >= 11 is 0. The summed E-state index contributed by atoms with van der Waals surface area (Å²) in [4.78, 5) is 2.42. The highest BCUT2D eigenvalue weighted by Gasteiger charge is 2.25. The lowest BCUT2D eigenvalue weighted by Gasteiger charge is -2.31. The molecule has 0 aromatic heterocycles. The molecule has 1 aliphatic rings. The Labute approximate surface area is 124 Å². The number of piperidine rings is 1. The van der Waals surface area contributed by atoms with Crippen LogP contribution >= 0.6 is 0 Å². The van der Waals surface area contributed by atoms with E-state index in [-0.39, 0.29) is 0 Å². The largest absolute Gasteiger partial charge is 0.316 e. The van der Waals surface area contributed by atoms with E-state index in [1.807, 2.05) is 0 Å². The SMILES string of the molecule is CCN(CC)CCCNCC1CCCN(S(C)(=O)=O)C1. The lowest BCUT2D eigenvalue weighted by molar-refractivity contribution is 0.257. The van der Waals surface area contributed by atoms with Gasteiger partial charge in [0.25, 0.3) is 0 Å². The molecule has 0 radical (unpaired) electrons. The topological polar surface area (TPSA) is 52.6 Å². The molecule has 5 nitrogen and oxygen atoms in total. The van der Waals surface area contributed by atoms with E-state index < -0.39 is 10.0 Å². The quantitative estimate of drug-likeness (QED) is 0.645. The number of hydrogen-bond acceptors (Lipinski definition) is 4. The first-order valence-electron chi connectivity index (χ1n) is 7.85. The second-order valence-electron chi connectivity index (χ2n) is 5.71. The minimum atomic E-state index is -3.01. The van der Waals surface area contributed by atoms with Gasteiger partial charge in [0, 0.05) is 13.1 Å². The molecular formula is C14H31N3O2S. The fourth-order valence-electron chi connectivity index (χ4n) is 2.77. The number of hydrogen-bond donors (Lipinski definition) is 1. The summed E-state index contributed by atoms with van der Waals surface area (Å²) in [5.74, 6) is 0.465. The average molecular weight is 305 g/mol. The predicted octanol–water partition coefficient (Wildman–Crippen LogP) is 0.980. The fourth-order valence-corrected chi connectivity index (χ4v) is 3.71. The van der Waals surface area contributed by atoms with Gasteiger partial charge in [-0.2, -0.15) is 0 Å². The standard InChI is InChI=1S/C14H31N3O2S/c1-4-16(5-2)10-7-9-15-12-14-8-6-11-17(13-14)20(3,18)19/h14-15H,4-13H2,1-3H3. The zero-order valence-corrected chi connectivity index (χ0v) is 14.1. The monoisotopic (exact) mass is 305 g/mol. The van der Waals surface area contributed by atoms with Crippen LogP contribution < -0.4 is 5.32 Å². The van der Waals surface area contributed by atoms with Crippen molar-refractivity contribution >= 4 is 10.0 Å². The van der Waals surface area contributed by atoms with Gasteiger partial charge in [-0.3, -0.25) is 0 Å². The highest BCUT2D eigenvalue weighted by molar-refractivity contribution is 7.88. The van der Waals surface area contributed by atoms with Crippen molar-refractivity contribution in [3.05, 3.63) is 0 Å². The Morgan fingerprint density at radius 2 is 2.00 bits per heavy atom. The summed E-state index contributed by atoms with van der Waals surface area (Å²) < 4.78 is 24.7. The Kier molecular flexibility index (Phi) is 8.02. The van der Waals surface area contributed by atoms with Crippen molar-refractivity contribution in [2.24, 2.45) is 5.92 Å². The van der Waals surface area contributed by atoms with Crippen LogP contribution in [0.4, 0.5) is 0 Å². The van der Waals surface area contributed by atoms with E-state index in [4.69, 9.17) is 0 Å². The van der Waals surface area contributed by atoms with Crippen LogP contribution in [-0.2, 0) is 10.0 Å². The van der Waals surface area contributed by atoms with Gasteiger partial charge >= 0.3 is 0 Å². The van der Waals surface area contributed by atoms with Crippen molar-refractivity contribution in [3.63, 3.8) is 0 Å². The molecule has 1 atom stereocenters. The van der Waals surface area contributed by atoms with Crippen molar-refractivity contribution in [1.82, 2.24) is 14.5 Å². The molecule has 1 rings (SSSR count). The van der Waals surface area contributed by atoms with Crippen LogP contribution in [0.3, 0.4) is 0 Å². The van der Waals surface area contributed by atoms with Crippen LogP contribution in [0.25, 0.3) is 0 Å². The Hall–Kier alpha value is -0.170. The van der Waals surface area contributed by atoms with Crippen molar-refractivity contribution in [1.29, 1.82) is 0 Å². The van der Waals surface area contributed by atoms with E-state index in [1.165, 1.54) is 6.26 Å². The number of nitrogens with zero attached hydrogens (tertiary/aromatic N) is 2. The van der Waals surface area contributed by atoms with Gasteiger partial charge in [0.15, 0.2) is 0 Å². The van der Waals surface area contributed by atoms with Gasteiger partial charge in [0.1, 0.15) is 0 Å². The summed E-state index contributed by atoms with van der Waals surface area (Å²) in [6.07, 6.45) is 4.59. The third kappa shape index (κ3) is 6.52. The second kappa shape index (κ2) is 8.97. The number of sulfonamides is 1. The minimum absolute atomic E-state index is 0.465. The molecule has 1 saturated heterocycles. The van der Waals surface area contributed by atoms with Gasteiger partial charge in [-0.1, -0.05) is 13.8 Å². The fraction of sp³-hybridized carbons (Fsp3) is 1.00. The smallest absolute Gasteiger partial charge is 0.211 e. The van der Waals surface area contributed by atoms with Crippen molar-refractivity contribution in [3.8, 4) is 0 Å². The lowest BCUT2D eigenvalue weighted by Crippen LogP contribution is -2.42. The van der Waals surface area contributed by atoms with Crippen LogP contribution in [0.5, 0.6) is 0 Å². The van der Waals surface area contributed by atoms with Crippen LogP contribution in [-0.4, -0.2) is 69.7 Å². The van der Waals surface area contributed by atoms with E-state index in [1.54, 1.807) is 4.31 Å². The molecule has 1 aliphatic heterocycles. The van der Waals surface area contributed by atoms with Crippen LogP contribution in [0.1, 0.15) is 33.1 Å². The highest BCUT2D eigenvalue weighted by atomic mass is 32.2. The summed E-state index contributed by atoms with van der Waals surface area (Å²) in [7, 11) is -3.01. The van der Waals surface area contributed by atoms with Crippen LogP contribution in [0, 0.1) is 5.92 Å². The Morgan fingerprint density at radius 3 is 2.60 bits per heavy atom. The van der Waals surface area contributed by atoms with E-state index >= 15 is 0 Å². The van der Waals surface area contributed by atoms with Gasteiger partial charge in [0.05, 0.1) is 6.26 Å². The van der Waals surface area contributed by atoms with Gasteiger partial charge in [-0.15, -0.1) is 0 Å². The molecule has 0 aromatic rings. The lowest BCUT2D eigenvalue weighted by atomic mass is 10.00. The van der Waals surface area contributed by atoms with Gasteiger partial charge in [-0.25, -0.2) is 12.7 Å². The summed E-state index contributed by atoms with van der Waals surface area (Å²) in [6.45, 7) is 11.1. The zero-order chi connectivity index (χ0) is 15.0.